The number of amides is 1. The number of thioether (sulfide) groups is 1. The van der Waals surface area contributed by atoms with Crippen molar-refractivity contribution in [3.8, 4) is 0 Å². The maximum absolute atomic E-state index is 12.5. The van der Waals surface area contributed by atoms with Crippen LogP contribution in [0.2, 0.25) is 0 Å². The summed E-state index contributed by atoms with van der Waals surface area (Å²) < 4.78 is 0. The Hall–Kier alpha value is -2.58. The molecular weight excluding hydrogens is 354 g/mol. The molecule has 1 aliphatic rings. The SMILES string of the molecule is Cc1nnc(N=C2S/C(=C\c3ccc4ccccc4n3)C(=O)N2C)s1. The lowest BCUT2D eigenvalue weighted by atomic mass is 10.2. The van der Waals surface area contributed by atoms with Crippen LogP contribution in [0, 0.1) is 6.92 Å². The van der Waals surface area contributed by atoms with Gasteiger partial charge >= 0.3 is 0 Å². The normalized spacial score (nSPS) is 18.0. The van der Waals surface area contributed by atoms with E-state index in [0.29, 0.717) is 15.2 Å². The fraction of sp³-hybridized carbons (Fsp3) is 0.118. The molecule has 3 heterocycles. The molecule has 1 amide bonds. The van der Waals surface area contributed by atoms with Gasteiger partial charge in [-0.05, 0) is 36.9 Å². The Morgan fingerprint density at radius 3 is 2.80 bits per heavy atom. The smallest absolute Gasteiger partial charge is 0.266 e. The monoisotopic (exact) mass is 367 g/mol. The third-order valence-corrected chi connectivity index (χ3v) is 5.40. The van der Waals surface area contributed by atoms with Gasteiger partial charge in [-0.2, -0.15) is 4.99 Å². The first-order chi connectivity index (χ1) is 12.1. The van der Waals surface area contributed by atoms with Crippen molar-refractivity contribution < 1.29 is 4.79 Å². The van der Waals surface area contributed by atoms with E-state index in [2.05, 4.69) is 20.2 Å². The highest BCUT2D eigenvalue weighted by molar-refractivity contribution is 8.18. The van der Waals surface area contributed by atoms with Crippen LogP contribution in [0.25, 0.3) is 17.0 Å². The summed E-state index contributed by atoms with van der Waals surface area (Å²) in [5, 5.41) is 11.0. The molecule has 1 fully saturated rings. The van der Waals surface area contributed by atoms with Crippen LogP contribution in [-0.4, -0.2) is 38.2 Å². The summed E-state index contributed by atoms with van der Waals surface area (Å²) in [6.45, 7) is 1.87. The summed E-state index contributed by atoms with van der Waals surface area (Å²) in [7, 11) is 1.71. The number of hydrogen-bond acceptors (Lipinski definition) is 7. The number of aryl methyl sites for hydroxylation is 1. The molecule has 0 radical (unpaired) electrons. The molecule has 8 heteroatoms. The Labute approximate surface area is 152 Å². The van der Waals surface area contributed by atoms with E-state index in [0.717, 1.165) is 21.6 Å². The Balaban J connectivity index is 1.66. The van der Waals surface area contributed by atoms with Gasteiger partial charge in [0.1, 0.15) is 5.01 Å². The van der Waals surface area contributed by atoms with Crippen molar-refractivity contribution in [3.05, 3.63) is 52.0 Å². The Bertz CT molecular complexity index is 1040. The number of carbonyl (C=O) groups excluding carboxylic acids is 1. The molecule has 6 nitrogen and oxygen atoms in total. The number of carbonyl (C=O) groups is 1. The minimum atomic E-state index is -0.0973. The number of benzene rings is 1. The van der Waals surface area contributed by atoms with Crippen LogP contribution in [0.5, 0.6) is 0 Å². The van der Waals surface area contributed by atoms with Crippen LogP contribution >= 0.6 is 23.1 Å². The maximum Gasteiger partial charge on any atom is 0.266 e. The molecule has 1 aliphatic heterocycles. The molecule has 0 spiro atoms. The number of aromatic nitrogens is 3. The van der Waals surface area contributed by atoms with Crippen molar-refractivity contribution in [2.24, 2.45) is 4.99 Å². The largest absolute Gasteiger partial charge is 0.289 e. The van der Waals surface area contributed by atoms with Crippen LogP contribution in [-0.2, 0) is 4.79 Å². The van der Waals surface area contributed by atoms with E-state index in [4.69, 9.17) is 0 Å². The van der Waals surface area contributed by atoms with Gasteiger partial charge in [0.2, 0.25) is 5.13 Å². The molecule has 3 aromatic rings. The zero-order valence-electron chi connectivity index (χ0n) is 13.5. The van der Waals surface area contributed by atoms with Crippen molar-refractivity contribution in [2.75, 3.05) is 7.05 Å². The van der Waals surface area contributed by atoms with Gasteiger partial charge in [0.25, 0.3) is 5.91 Å². The summed E-state index contributed by atoms with van der Waals surface area (Å²) in [5.41, 5.74) is 1.65. The van der Waals surface area contributed by atoms with Gasteiger partial charge in [0.05, 0.1) is 16.1 Å². The van der Waals surface area contributed by atoms with Crippen molar-refractivity contribution in [1.82, 2.24) is 20.1 Å². The number of likely N-dealkylation sites (N-methyl/N-ethyl adjacent to an activating group) is 1. The van der Waals surface area contributed by atoms with Crippen LogP contribution in [0.3, 0.4) is 0 Å². The van der Waals surface area contributed by atoms with E-state index < -0.39 is 0 Å². The second-order valence-electron chi connectivity index (χ2n) is 5.40. The minimum Gasteiger partial charge on any atom is -0.289 e. The van der Waals surface area contributed by atoms with Crippen molar-refractivity contribution in [1.29, 1.82) is 0 Å². The predicted molar refractivity (Wildman–Crippen MR) is 102 cm³/mol. The standard InChI is InChI=1S/C17H13N5OS2/c1-10-20-21-16(24-10)19-17-22(2)15(23)14(25-17)9-12-8-7-11-5-3-4-6-13(11)18-12/h3-9H,1-2H3/b14-9-,19-17?. The molecule has 2 aromatic heterocycles. The van der Waals surface area contributed by atoms with Gasteiger partial charge in [-0.3, -0.25) is 9.69 Å². The molecule has 124 valence electrons. The van der Waals surface area contributed by atoms with Crippen molar-refractivity contribution in [3.63, 3.8) is 0 Å². The quantitative estimate of drug-likeness (QED) is 0.647. The van der Waals surface area contributed by atoms with E-state index >= 15 is 0 Å². The van der Waals surface area contributed by atoms with Gasteiger partial charge in [0.15, 0.2) is 5.17 Å². The topological polar surface area (TPSA) is 71.3 Å². The van der Waals surface area contributed by atoms with Crippen LogP contribution in [0.1, 0.15) is 10.7 Å². The Morgan fingerprint density at radius 2 is 2.00 bits per heavy atom. The van der Waals surface area contributed by atoms with Crippen LogP contribution in [0.15, 0.2) is 46.3 Å². The molecule has 4 rings (SSSR count). The molecule has 0 atom stereocenters. The van der Waals surface area contributed by atoms with Gasteiger partial charge in [-0.25, -0.2) is 4.98 Å². The first kappa shape index (κ1) is 15.9. The van der Waals surface area contributed by atoms with Gasteiger partial charge in [-0.15, -0.1) is 10.2 Å². The van der Waals surface area contributed by atoms with Gasteiger partial charge < -0.3 is 0 Å². The second-order valence-corrected chi connectivity index (χ2v) is 7.57. The number of amidine groups is 1. The minimum absolute atomic E-state index is 0.0973. The molecule has 1 saturated heterocycles. The van der Waals surface area contributed by atoms with Gasteiger partial charge in [-0.1, -0.05) is 35.6 Å². The average molecular weight is 367 g/mol. The number of aliphatic imine (C=N–C) groups is 1. The second kappa shape index (κ2) is 6.38. The summed E-state index contributed by atoms with van der Waals surface area (Å²) >= 11 is 2.71. The summed E-state index contributed by atoms with van der Waals surface area (Å²) in [5.74, 6) is -0.0973. The molecule has 0 bridgehead atoms. The van der Waals surface area contributed by atoms with Crippen molar-refractivity contribution >= 4 is 56.3 Å². The molecule has 1 aromatic carbocycles. The zero-order valence-corrected chi connectivity index (χ0v) is 15.1. The lowest BCUT2D eigenvalue weighted by Crippen LogP contribution is -2.23. The molecule has 0 N–H and O–H groups in total. The van der Waals surface area contributed by atoms with Gasteiger partial charge in [0, 0.05) is 12.4 Å². The third kappa shape index (κ3) is 3.18. The van der Waals surface area contributed by atoms with E-state index in [-0.39, 0.29) is 5.91 Å². The number of pyridine rings is 1. The predicted octanol–water partition coefficient (Wildman–Crippen LogP) is 3.63. The van der Waals surface area contributed by atoms with Crippen LogP contribution < -0.4 is 0 Å². The first-order valence-electron chi connectivity index (χ1n) is 7.52. The molecule has 25 heavy (non-hydrogen) atoms. The highest BCUT2D eigenvalue weighted by Gasteiger charge is 2.30. The fourth-order valence-electron chi connectivity index (χ4n) is 2.36. The molecule has 0 unspecified atom stereocenters. The number of hydrogen-bond donors (Lipinski definition) is 0. The van der Waals surface area contributed by atoms with E-state index in [9.17, 15) is 4.79 Å². The van der Waals surface area contributed by atoms with E-state index in [1.165, 1.54) is 28.0 Å². The van der Waals surface area contributed by atoms with E-state index in [1.807, 2.05) is 43.3 Å². The fourth-order valence-corrected chi connectivity index (χ4v) is 3.93. The third-order valence-electron chi connectivity index (χ3n) is 3.61. The molecule has 0 saturated carbocycles. The van der Waals surface area contributed by atoms with E-state index in [1.54, 1.807) is 13.1 Å². The summed E-state index contributed by atoms with van der Waals surface area (Å²) in [4.78, 5) is 23.6. The maximum atomic E-state index is 12.5. The lowest BCUT2D eigenvalue weighted by Gasteiger charge is -2.05. The Kier molecular flexibility index (Phi) is 4.06. The molecular formula is C17H13N5OS2. The first-order valence-corrected chi connectivity index (χ1v) is 9.16. The average Bonchev–Trinajstić information content (AvgIpc) is 3.14. The highest BCUT2D eigenvalue weighted by atomic mass is 32.2. The lowest BCUT2D eigenvalue weighted by molar-refractivity contribution is -0.121. The van der Waals surface area contributed by atoms with Crippen LogP contribution in [0.4, 0.5) is 5.13 Å². The summed E-state index contributed by atoms with van der Waals surface area (Å²) in [6, 6.07) is 11.8. The number of fused-ring (bicyclic) bond motifs is 1. The number of para-hydroxylation sites is 1. The van der Waals surface area contributed by atoms with Crippen molar-refractivity contribution in [2.45, 2.75) is 6.92 Å². The zero-order chi connectivity index (χ0) is 17.4. The Morgan fingerprint density at radius 1 is 1.16 bits per heavy atom. The highest BCUT2D eigenvalue weighted by Crippen LogP contribution is 2.33. The molecule has 0 aliphatic carbocycles. The number of rotatable bonds is 2. The number of nitrogens with zero attached hydrogens (tertiary/aromatic N) is 5. The summed E-state index contributed by atoms with van der Waals surface area (Å²) in [6.07, 6.45) is 1.80.